The molecule has 1 aromatic heterocycles. The van der Waals surface area contributed by atoms with E-state index in [0.29, 0.717) is 25.2 Å². The van der Waals surface area contributed by atoms with Gasteiger partial charge in [0.2, 0.25) is 0 Å². The van der Waals surface area contributed by atoms with Crippen LogP contribution in [0.4, 0.5) is 0 Å². The second kappa shape index (κ2) is 5.97. The first-order valence-electron chi connectivity index (χ1n) is 6.47. The number of carbonyl (C=O) groups excluding carboxylic acids is 1. The molecule has 0 N–H and O–H groups in total. The van der Waals surface area contributed by atoms with Crippen LogP contribution in [0.2, 0.25) is 0 Å². The number of ketones is 1. The number of aromatic nitrogens is 2. The normalized spacial score (nSPS) is 17.4. The van der Waals surface area contributed by atoms with Crippen molar-refractivity contribution in [1.82, 2.24) is 9.78 Å². The molecule has 1 aliphatic carbocycles. The predicted octanol–water partition coefficient (Wildman–Crippen LogP) is 3.00. The fraction of sp³-hybridized carbons (Fsp3) is 0.692. The fourth-order valence-electron chi connectivity index (χ4n) is 2.28. The van der Waals surface area contributed by atoms with Crippen LogP contribution in [0.1, 0.15) is 44.0 Å². The van der Waals surface area contributed by atoms with Crippen LogP contribution in [0.5, 0.6) is 0 Å². The van der Waals surface area contributed by atoms with Crippen molar-refractivity contribution in [1.29, 1.82) is 0 Å². The molecule has 2 rings (SSSR count). The minimum atomic E-state index is 0.218. The largest absolute Gasteiger partial charge is 0.372 e. The third kappa shape index (κ3) is 3.01. The van der Waals surface area contributed by atoms with Crippen LogP contribution >= 0.6 is 15.9 Å². The van der Waals surface area contributed by atoms with Crippen molar-refractivity contribution in [2.24, 2.45) is 0 Å². The number of ether oxygens (including phenoxy) is 1. The lowest BCUT2D eigenvalue weighted by Gasteiger charge is -2.21. The van der Waals surface area contributed by atoms with E-state index in [1.807, 2.05) is 11.6 Å². The van der Waals surface area contributed by atoms with E-state index in [2.05, 4.69) is 28.0 Å². The van der Waals surface area contributed by atoms with E-state index >= 15 is 0 Å². The zero-order valence-corrected chi connectivity index (χ0v) is 12.5. The van der Waals surface area contributed by atoms with Crippen LogP contribution in [0, 0.1) is 6.92 Å². The molecule has 4 nitrogen and oxygen atoms in total. The number of halogens is 1. The topological polar surface area (TPSA) is 44.1 Å². The van der Waals surface area contributed by atoms with Gasteiger partial charge in [0, 0.05) is 19.4 Å². The summed E-state index contributed by atoms with van der Waals surface area (Å²) < 4.78 is 8.91. The Morgan fingerprint density at radius 2 is 2.11 bits per heavy atom. The Morgan fingerprint density at radius 3 is 2.72 bits per heavy atom. The Morgan fingerprint density at radius 1 is 1.44 bits per heavy atom. The maximum absolute atomic E-state index is 11.2. The van der Waals surface area contributed by atoms with Crippen LogP contribution in [0.25, 0.3) is 0 Å². The van der Waals surface area contributed by atoms with Gasteiger partial charge >= 0.3 is 0 Å². The molecular weight excluding hydrogens is 296 g/mol. The Balaban J connectivity index is 1.95. The second-order valence-corrected chi connectivity index (χ2v) is 5.50. The molecule has 5 heteroatoms. The van der Waals surface area contributed by atoms with Gasteiger partial charge in [0.05, 0.1) is 28.6 Å². The number of Topliss-reactive ketones (excluding diaryl/α,β-unsaturated/α-hetero) is 1. The molecule has 0 amide bonds. The summed E-state index contributed by atoms with van der Waals surface area (Å²) in [6, 6.07) is 0. The fourth-order valence-corrected chi connectivity index (χ4v) is 2.68. The Hall–Kier alpha value is -0.680. The van der Waals surface area contributed by atoms with Crippen LogP contribution in [-0.2, 0) is 22.7 Å². The van der Waals surface area contributed by atoms with E-state index in [1.165, 1.54) is 0 Å². The van der Waals surface area contributed by atoms with Gasteiger partial charge in [-0.05, 0) is 42.6 Å². The molecule has 18 heavy (non-hydrogen) atoms. The van der Waals surface area contributed by atoms with E-state index in [1.54, 1.807) is 0 Å². The van der Waals surface area contributed by atoms with E-state index in [0.717, 1.165) is 35.2 Å². The highest BCUT2D eigenvalue weighted by Gasteiger charge is 2.20. The van der Waals surface area contributed by atoms with E-state index in [4.69, 9.17) is 4.74 Å². The summed E-state index contributed by atoms with van der Waals surface area (Å²) in [6.45, 7) is 5.46. The van der Waals surface area contributed by atoms with Crippen molar-refractivity contribution in [2.75, 3.05) is 0 Å². The number of hydrogen-bond acceptors (Lipinski definition) is 3. The smallest absolute Gasteiger partial charge is 0.133 e. The number of hydrogen-bond donors (Lipinski definition) is 0. The number of rotatable bonds is 4. The Labute approximate surface area is 116 Å². The quantitative estimate of drug-likeness (QED) is 0.858. The first-order chi connectivity index (χ1) is 8.61. The van der Waals surface area contributed by atoms with Crippen molar-refractivity contribution in [2.45, 2.75) is 58.8 Å². The molecule has 0 spiro atoms. The average Bonchev–Trinajstić information content (AvgIpc) is 2.65. The van der Waals surface area contributed by atoms with Gasteiger partial charge in [0.1, 0.15) is 5.78 Å². The third-order valence-electron chi connectivity index (χ3n) is 3.40. The summed E-state index contributed by atoms with van der Waals surface area (Å²) in [6.07, 6.45) is 3.26. The summed E-state index contributed by atoms with van der Waals surface area (Å²) in [5.74, 6) is 0.366. The van der Waals surface area contributed by atoms with Gasteiger partial charge in [-0.3, -0.25) is 9.48 Å². The molecule has 1 heterocycles. The van der Waals surface area contributed by atoms with E-state index in [-0.39, 0.29) is 6.10 Å². The first kappa shape index (κ1) is 13.7. The molecule has 0 aromatic carbocycles. The highest BCUT2D eigenvalue weighted by molar-refractivity contribution is 9.10. The molecule has 0 aliphatic heterocycles. The van der Waals surface area contributed by atoms with Gasteiger partial charge < -0.3 is 4.74 Å². The molecular formula is C13H19BrN2O2. The van der Waals surface area contributed by atoms with Gasteiger partial charge in [0.15, 0.2) is 0 Å². The first-order valence-corrected chi connectivity index (χ1v) is 7.26. The molecule has 1 fully saturated rings. The molecule has 1 saturated carbocycles. The summed E-state index contributed by atoms with van der Waals surface area (Å²) in [7, 11) is 0. The maximum Gasteiger partial charge on any atom is 0.133 e. The highest BCUT2D eigenvalue weighted by Crippen LogP contribution is 2.24. The molecule has 0 unspecified atom stereocenters. The van der Waals surface area contributed by atoms with Crippen LogP contribution in [0.15, 0.2) is 4.47 Å². The zero-order chi connectivity index (χ0) is 13.1. The lowest BCUT2D eigenvalue weighted by Crippen LogP contribution is -2.22. The van der Waals surface area contributed by atoms with Gasteiger partial charge in [-0.15, -0.1) is 0 Å². The summed E-state index contributed by atoms with van der Waals surface area (Å²) in [5.41, 5.74) is 2.08. The van der Waals surface area contributed by atoms with Crippen molar-refractivity contribution in [3.05, 3.63) is 15.9 Å². The molecule has 0 saturated heterocycles. The maximum atomic E-state index is 11.2. The average molecular weight is 315 g/mol. The minimum absolute atomic E-state index is 0.218. The lowest BCUT2D eigenvalue weighted by molar-refractivity contribution is -0.123. The van der Waals surface area contributed by atoms with Crippen molar-refractivity contribution >= 4 is 21.7 Å². The summed E-state index contributed by atoms with van der Waals surface area (Å²) >= 11 is 3.56. The van der Waals surface area contributed by atoms with Crippen LogP contribution in [-0.4, -0.2) is 21.7 Å². The molecule has 0 bridgehead atoms. The molecule has 0 atom stereocenters. The molecule has 1 aliphatic rings. The van der Waals surface area contributed by atoms with Crippen LogP contribution < -0.4 is 0 Å². The van der Waals surface area contributed by atoms with E-state index in [9.17, 15) is 4.79 Å². The van der Waals surface area contributed by atoms with Gasteiger partial charge in [-0.2, -0.15) is 5.10 Å². The molecule has 0 radical (unpaired) electrons. The predicted molar refractivity (Wildman–Crippen MR) is 72.4 cm³/mol. The van der Waals surface area contributed by atoms with Crippen molar-refractivity contribution < 1.29 is 9.53 Å². The number of carbonyl (C=O) groups is 1. The highest BCUT2D eigenvalue weighted by atomic mass is 79.9. The van der Waals surface area contributed by atoms with Crippen molar-refractivity contribution in [3.63, 3.8) is 0 Å². The molecule has 100 valence electrons. The van der Waals surface area contributed by atoms with Crippen molar-refractivity contribution in [3.8, 4) is 0 Å². The monoisotopic (exact) mass is 314 g/mol. The molecule has 1 aromatic rings. The van der Waals surface area contributed by atoms with Gasteiger partial charge in [-0.25, -0.2) is 0 Å². The number of aryl methyl sites for hydroxylation is 2. The Bertz CT molecular complexity index is 432. The lowest BCUT2D eigenvalue weighted by atomic mass is 9.96. The second-order valence-electron chi connectivity index (χ2n) is 4.71. The third-order valence-corrected chi connectivity index (χ3v) is 4.43. The summed E-state index contributed by atoms with van der Waals surface area (Å²) in [4.78, 5) is 11.2. The number of nitrogens with zero attached hydrogens (tertiary/aromatic N) is 2. The zero-order valence-electron chi connectivity index (χ0n) is 10.9. The minimum Gasteiger partial charge on any atom is -0.372 e. The Kier molecular flexibility index (Phi) is 4.56. The van der Waals surface area contributed by atoms with Crippen LogP contribution in [0.3, 0.4) is 0 Å². The van der Waals surface area contributed by atoms with E-state index < -0.39 is 0 Å². The SMILES string of the molecule is CCn1nc(C)c(Br)c1COC1CCC(=O)CC1. The van der Waals surface area contributed by atoms with Gasteiger partial charge in [0.25, 0.3) is 0 Å². The standard InChI is InChI=1S/C13H19BrN2O2/c1-3-16-12(13(14)9(2)15-16)8-18-11-6-4-10(17)5-7-11/h11H,3-8H2,1-2H3. The summed E-state index contributed by atoms with van der Waals surface area (Å²) in [5, 5.41) is 4.44. The van der Waals surface area contributed by atoms with Gasteiger partial charge in [-0.1, -0.05) is 0 Å².